The van der Waals surface area contributed by atoms with Crippen molar-refractivity contribution in [3.8, 4) is 11.3 Å². The third-order valence-corrected chi connectivity index (χ3v) is 3.07. The Morgan fingerprint density at radius 3 is 2.23 bits per heavy atom. The van der Waals surface area contributed by atoms with E-state index >= 15 is 0 Å². The zero-order chi connectivity index (χ0) is 15.4. The molecule has 0 spiro atoms. The highest BCUT2D eigenvalue weighted by Crippen LogP contribution is 2.15. The summed E-state index contributed by atoms with van der Waals surface area (Å²) in [5.74, 6) is -0.747. The molecular weight excluding hydrogens is 281 g/mol. The van der Waals surface area contributed by atoms with Crippen molar-refractivity contribution in [2.45, 2.75) is 0 Å². The quantitative estimate of drug-likeness (QED) is 0.803. The summed E-state index contributed by atoms with van der Waals surface area (Å²) in [7, 11) is 0. The summed E-state index contributed by atoms with van der Waals surface area (Å²) in [6.07, 6.45) is 0. The van der Waals surface area contributed by atoms with Gasteiger partial charge in [0.15, 0.2) is 5.69 Å². The topological polar surface area (TPSA) is 54.9 Å². The van der Waals surface area contributed by atoms with Crippen LogP contribution in [0.4, 0.5) is 10.1 Å². The maximum Gasteiger partial charge on any atom is 0.276 e. The molecule has 5 heteroatoms. The molecule has 2 aromatic carbocycles. The van der Waals surface area contributed by atoms with Gasteiger partial charge in [-0.3, -0.25) is 4.79 Å². The summed E-state index contributed by atoms with van der Waals surface area (Å²) in [4.78, 5) is 12.0. The summed E-state index contributed by atoms with van der Waals surface area (Å²) in [6.45, 7) is 0. The van der Waals surface area contributed by atoms with E-state index in [9.17, 15) is 9.18 Å². The van der Waals surface area contributed by atoms with Gasteiger partial charge in [0.1, 0.15) is 5.82 Å². The molecule has 0 atom stereocenters. The second kappa shape index (κ2) is 6.13. The Hall–Kier alpha value is -3.08. The molecule has 0 aliphatic heterocycles. The van der Waals surface area contributed by atoms with Gasteiger partial charge in [-0.05, 0) is 36.4 Å². The van der Waals surface area contributed by atoms with Gasteiger partial charge < -0.3 is 5.32 Å². The molecule has 3 rings (SSSR count). The number of hydrogen-bond acceptors (Lipinski definition) is 3. The van der Waals surface area contributed by atoms with Gasteiger partial charge in [-0.2, -0.15) is 0 Å². The molecule has 1 heterocycles. The summed E-state index contributed by atoms with van der Waals surface area (Å²) in [6, 6.07) is 18.4. The number of nitrogens with one attached hydrogen (secondary N) is 1. The molecule has 22 heavy (non-hydrogen) atoms. The van der Waals surface area contributed by atoms with Crippen molar-refractivity contribution in [1.82, 2.24) is 10.2 Å². The Balaban J connectivity index is 1.75. The molecule has 0 aliphatic rings. The Morgan fingerprint density at radius 2 is 1.59 bits per heavy atom. The van der Waals surface area contributed by atoms with E-state index in [2.05, 4.69) is 15.5 Å². The van der Waals surface area contributed by atoms with Crippen LogP contribution < -0.4 is 5.32 Å². The van der Waals surface area contributed by atoms with Crippen LogP contribution >= 0.6 is 0 Å². The first-order valence-corrected chi connectivity index (χ1v) is 6.68. The van der Waals surface area contributed by atoms with Crippen LogP contribution in [-0.4, -0.2) is 16.1 Å². The van der Waals surface area contributed by atoms with Crippen molar-refractivity contribution in [2.24, 2.45) is 0 Å². The SMILES string of the molecule is O=C(Nc1ccc(F)cc1)c1ccc(-c2ccccc2)nn1. The molecule has 108 valence electrons. The Morgan fingerprint density at radius 1 is 0.864 bits per heavy atom. The molecule has 1 amide bonds. The van der Waals surface area contributed by atoms with Crippen molar-refractivity contribution in [1.29, 1.82) is 0 Å². The van der Waals surface area contributed by atoms with Crippen LogP contribution in [0.1, 0.15) is 10.5 Å². The summed E-state index contributed by atoms with van der Waals surface area (Å²) < 4.78 is 12.8. The number of carbonyl (C=O) groups is 1. The second-order valence-electron chi connectivity index (χ2n) is 4.63. The first-order valence-electron chi connectivity index (χ1n) is 6.68. The molecule has 1 aromatic heterocycles. The minimum atomic E-state index is -0.390. The van der Waals surface area contributed by atoms with Gasteiger partial charge in [-0.1, -0.05) is 30.3 Å². The predicted octanol–water partition coefficient (Wildman–Crippen LogP) is 3.54. The zero-order valence-corrected chi connectivity index (χ0v) is 11.5. The maximum absolute atomic E-state index is 12.8. The third-order valence-electron chi connectivity index (χ3n) is 3.07. The van der Waals surface area contributed by atoms with Gasteiger partial charge in [0.25, 0.3) is 5.91 Å². The maximum atomic E-state index is 12.8. The molecule has 0 aliphatic carbocycles. The molecule has 4 nitrogen and oxygen atoms in total. The van der Waals surface area contributed by atoms with Crippen molar-refractivity contribution in [3.63, 3.8) is 0 Å². The van der Waals surface area contributed by atoms with Gasteiger partial charge in [0.2, 0.25) is 0 Å². The Kier molecular flexibility index (Phi) is 3.87. The van der Waals surface area contributed by atoms with Crippen molar-refractivity contribution in [3.05, 3.63) is 78.2 Å². The van der Waals surface area contributed by atoms with Gasteiger partial charge in [0.05, 0.1) is 5.69 Å². The number of carbonyl (C=O) groups excluding carboxylic acids is 1. The normalized spacial score (nSPS) is 10.2. The molecule has 0 saturated heterocycles. The average Bonchev–Trinajstić information content (AvgIpc) is 2.58. The lowest BCUT2D eigenvalue weighted by atomic mass is 10.1. The average molecular weight is 293 g/mol. The summed E-state index contributed by atoms with van der Waals surface area (Å²) in [5.41, 5.74) is 2.32. The lowest BCUT2D eigenvalue weighted by Crippen LogP contribution is -2.14. The minimum absolute atomic E-state index is 0.198. The van der Waals surface area contributed by atoms with Crippen LogP contribution in [0.5, 0.6) is 0 Å². The molecule has 0 saturated carbocycles. The van der Waals surface area contributed by atoms with E-state index in [0.29, 0.717) is 11.4 Å². The van der Waals surface area contributed by atoms with Crippen LogP contribution in [0.25, 0.3) is 11.3 Å². The van der Waals surface area contributed by atoms with Crippen molar-refractivity contribution < 1.29 is 9.18 Å². The summed E-state index contributed by atoms with van der Waals surface area (Å²) >= 11 is 0. The van der Waals surface area contributed by atoms with Gasteiger partial charge in [0, 0.05) is 11.3 Å². The molecule has 0 fully saturated rings. The number of hydrogen-bond donors (Lipinski definition) is 1. The molecule has 0 bridgehead atoms. The summed E-state index contributed by atoms with van der Waals surface area (Å²) in [5, 5.41) is 10.6. The Labute approximate surface area is 126 Å². The number of halogens is 1. The van der Waals surface area contributed by atoms with Crippen molar-refractivity contribution in [2.75, 3.05) is 5.32 Å². The first-order chi connectivity index (χ1) is 10.7. The lowest BCUT2D eigenvalue weighted by molar-refractivity contribution is 0.102. The Bertz CT molecular complexity index is 771. The van der Waals surface area contributed by atoms with Crippen LogP contribution in [0.2, 0.25) is 0 Å². The number of amides is 1. The zero-order valence-electron chi connectivity index (χ0n) is 11.5. The van der Waals surface area contributed by atoms with Crippen LogP contribution in [0, 0.1) is 5.82 Å². The van der Waals surface area contributed by atoms with Gasteiger partial charge in [-0.15, -0.1) is 10.2 Å². The fraction of sp³-hybridized carbons (Fsp3) is 0. The van der Waals surface area contributed by atoms with Crippen LogP contribution in [-0.2, 0) is 0 Å². The van der Waals surface area contributed by atoms with E-state index in [1.807, 2.05) is 30.3 Å². The number of aromatic nitrogens is 2. The monoisotopic (exact) mass is 293 g/mol. The van der Waals surface area contributed by atoms with E-state index in [4.69, 9.17) is 0 Å². The second-order valence-corrected chi connectivity index (χ2v) is 4.63. The largest absolute Gasteiger partial charge is 0.321 e. The number of nitrogens with zero attached hydrogens (tertiary/aromatic N) is 2. The standard InChI is InChI=1S/C17H12FN3O/c18-13-6-8-14(9-7-13)19-17(22)16-11-10-15(20-21-16)12-4-2-1-3-5-12/h1-11H,(H,19,22). The minimum Gasteiger partial charge on any atom is -0.321 e. The number of benzene rings is 2. The molecule has 0 unspecified atom stereocenters. The van der Waals surface area contributed by atoms with Crippen LogP contribution in [0.15, 0.2) is 66.7 Å². The van der Waals surface area contributed by atoms with Gasteiger partial charge >= 0.3 is 0 Å². The third kappa shape index (κ3) is 3.15. The van der Waals surface area contributed by atoms with E-state index in [1.165, 1.54) is 24.3 Å². The highest BCUT2D eigenvalue weighted by molar-refractivity contribution is 6.02. The highest BCUT2D eigenvalue weighted by atomic mass is 19.1. The van der Waals surface area contributed by atoms with E-state index < -0.39 is 5.91 Å². The van der Waals surface area contributed by atoms with E-state index in [1.54, 1.807) is 12.1 Å². The van der Waals surface area contributed by atoms with E-state index in [0.717, 1.165) is 5.56 Å². The fourth-order valence-corrected chi connectivity index (χ4v) is 1.94. The molecular formula is C17H12FN3O. The van der Waals surface area contributed by atoms with Crippen molar-refractivity contribution >= 4 is 11.6 Å². The van der Waals surface area contributed by atoms with Crippen LogP contribution in [0.3, 0.4) is 0 Å². The number of anilines is 1. The van der Waals surface area contributed by atoms with Gasteiger partial charge in [-0.25, -0.2) is 4.39 Å². The predicted molar refractivity (Wildman–Crippen MR) is 81.8 cm³/mol. The lowest BCUT2D eigenvalue weighted by Gasteiger charge is -2.05. The number of rotatable bonds is 3. The first kappa shape index (κ1) is 13.9. The van der Waals surface area contributed by atoms with E-state index in [-0.39, 0.29) is 11.5 Å². The molecule has 3 aromatic rings. The fourth-order valence-electron chi connectivity index (χ4n) is 1.94. The smallest absolute Gasteiger partial charge is 0.276 e. The highest BCUT2D eigenvalue weighted by Gasteiger charge is 2.09. The molecule has 1 N–H and O–H groups in total. The molecule has 0 radical (unpaired) electrons.